The Bertz CT molecular complexity index is 670. The van der Waals surface area contributed by atoms with Crippen LogP contribution in [-0.2, 0) is 20.6 Å². The van der Waals surface area contributed by atoms with Crippen molar-refractivity contribution in [3.63, 3.8) is 0 Å². The van der Waals surface area contributed by atoms with Gasteiger partial charge in [0, 0.05) is 13.1 Å². The first kappa shape index (κ1) is 15.5. The van der Waals surface area contributed by atoms with Gasteiger partial charge in [-0.3, -0.25) is 4.79 Å². The number of hydrogen-bond acceptors (Lipinski definition) is 4. The molecule has 0 unspecified atom stereocenters. The van der Waals surface area contributed by atoms with Crippen molar-refractivity contribution in [3.05, 3.63) is 35.4 Å². The van der Waals surface area contributed by atoms with E-state index in [0.29, 0.717) is 24.0 Å². The standard InChI is InChI=1S/C14H16N2O4S/c15-9-12-3-1-2-4-13(12)10-21(19,20)16-7-5-11(6-8-16)14(17)18/h1-4,11H,5-8,10H2,(H,17,18). The quantitative estimate of drug-likeness (QED) is 0.900. The highest BCUT2D eigenvalue weighted by Crippen LogP contribution is 2.22. The molecule has 1 aromatic carbocycles. The first-order chi connectivity index (χ1) is 9.94. The zero-order valence-electron chi connectivity index (χ0n) is 11.4. The Hall–Kier alpha value is -1.91. The minimum absolute atomic E-state index is 0.216. The molecule has 1 N–H and O–H groups in total. The number of nitrogens with zero attached hydrogens (tertiary/aromatic N) is 2. The fourth-order valence-electron chi connectivity index (χ4n) is 2.42. The summed E-state index contributed by atoms with van der Waals surface area (Å²) in [5.41, 5.74) is 0.821. The van der Waals surface area contributed by atoms with Gasteiger partial charge in [0.25, 0.3) is 0 Å². The van der Waals surface area contributed by atoms with Gasteiger partial charge in [-0.2, -0.15) is 5.26 Å². The molecular formula is C14H16N2O4S. The second-order valence-electron chi connectivity index (χ2n) is 5.04. The monoisotopic (exact) mass is 308 g/mol. The topological polar surface area (TPSA) is 98.5 Å². The van der Waals surface area contributed by atoms with Crippen molar-refractivity contribution in [3.8, 4) is 6.07 Å². The Morgan fingerprint density at radius 3 is 2.52 bits per heavy atom. The molecule has 0 radical (unpaired) electrons. The molecule has 0 aliphatic carbocycles. The van der Waals surface area contributed by atoms with Crippen LogP contribution in [0.4, 0.5) is 0 Å². The maximum absolute atomic E-state index is 12.4. The van der Waals surface area contributed by atoms with E-state index in [1.807, 2.05) is 6.07 Å². The summed E-state index contributed by atoms with van der Waals surface area (Å²) in [4.78, 5) is 10.9. The number of piperidine rings is 1. The van der Waals surface area contributed by atoms with Crippen LogP contribution in [0.3, 0.4) is 0 Å². The molecular weight excluding hydrogens is 292 g/mol. The van der Waals surface area contributed by atoms with Crippen LogP contribution in [0, 0.1) is 17.2 Å². The van der Waals surface area contributed by atoms with Crippen LogP contribution in [0.2, 0.25) is 0 Å². The lowest BCUT2D eigenvalue weighted by Crippen LogP contribution is -2.40. The van der Waals surface area contributed by atoms with Crippen molar-refractivity contribution in [1.82, 2.24) is 4.31 Å². The third-order valence-electron chi connectivity index (χ3n) is 3.67. The third-order valence-corrected chi connectivity index (χ3v) is 5.50. The largest absolute Gasteiger partial charge is 0.481 e. The van der Waals surface area contributed by atoms with Crippen molar-refractivity contribution in [2.75, 3.05) is 13.1 Å². The number of rotatable bonds is 4. The molecule has 2 rings (SSSR count). The Kier molecular flexibility index (Phi) is 4.60. The number of benzene rings is 1. The fraction of sp³-hybridized carbons (Fsp3) is 0.429. The van der Waals surface area contributed by atoms with Crippen LogP contribution in [-0.4, -0.2) is 36.9 Å². The Balaban J connectivity index is 2.10. The average molecular weight is 308 g/mol. The summed E-state index contributed by atoms with van der Waals surface area (Å²) in [5.74, 6) is -1.57. The Labute approximate surface area is 123 Å². The molecule has 0 saturated carbocycles. The second kappa shape index (κ2) is 6.24. The van der Waals surface area contributed by atoms with E-state index in [1.165, 1.54) is 4.31 Å². The SMILES string of the molecule is N#Cc1ccccc1CS(=O)(=O)N1CCC(C(=O)O)CC1. The first-order valence-electron chi connectivity index (χ1n) is 6.62. The van der Waals surface area contributed by atoms with E-state index in [-0.39, 0.29) is 18.8 Å². The average Bonchev–Trinajstić information content (AvgIpc) is 2.47. The molecule has 0 bridgehead atoms. The zero-order chi connectivity index (χ0) is 15.5. The van der Waals surface area contributed by atoms with Crippen molar-refractivity contribution in [2.45, 2.75) is 18.6 Å². The number of aliphatic carboxylic acids is 1. The van der Waals surface area contributed by atoms with E-state index in [4.69, 9.17) is 10.4 Å². The molecule has 0 atom stereocenters. The molecule has 0 spiro atoms. The minimum atomic E-state index is -3.53. The van der Waals surface area contributed by atoms with Crippen LogP contribution in [0.1, 0.15) is 24.0 Å². The maximum atomic E-state index is 12.4. The predicted molar refractivity (Wildman–Crippen MR) is 75.7 cm³/mol. The minimum Gasteiger partial charge on any atom is -0.481 e. The zero-order valence-corrected chi connectivity index (χ0v) is 12.2. The molecule has 1 fully saturated rings. The summed E-state index contributed by atoms with van der Waals surface area (Å²) in [7, 11) is -3.53. The Morgan fingerprint density at radius 1 is 1.33 bits per heavy atom. The van der Waals surface area contributed by atoms with Crippen LogP contribution in [0.25, 0.3) is 0 Å². The maximum Gasteiger partial charge on any atom is 0.306 e. The van der Waals surface area contributed by atoms with Gasteiger partial charge in [-0.25, -0.2) is 12.7 Å². The number of hydrogen-bond donors (Lipinski definition) is 1. The number of nitriles is 1. The number of sulfonamides is 1. The molecule has 0 aromatic heterocycles. The molecule has 0 amide bonds. The third kappa shape index (κ3) is 3.60. The molecule has 1 aromatic rings. The lowest BCUT2D eigenvalue weighted by Gasteiger charge is -2.29. The van der Waals surface area contributed by atoms with Crippen molar-refractivity contribution in [2.24, 2.45) is 5.92 Å². The van der Waals surface area contributed by atoms with E-state index in [9.17, 15) is 13.2 Å². The highest BCUT2D eigenvalue weighted by Gasteiger charge is 2.31. The van der Waals surface area contributed by atoms with E-state index in [1.54, 1.807) is 24.3 Å². The van der Waals surface area contributed by atoms with Gasteiger partial charge in [-0.05, 0) is 24.5 Å². The van der Waals surface area contributed by atoms with Gasteiger partial charge < -0.3 is 5.11 Å². The van der Waals surface area contributed by atoms with Gasteiger partial charge in [0.2, 0.25) is 10.0 Å². The van der Waals surface area contributed by atoms with Crippen LogP contribution < -0.4 is 0 Å². The van der Waals surface area contributed by atoms with Gasteiger partial charge in [-0.15, -0.1) is 0 Å². The molecule has 7 heteroatoms. The molecule has 1 aliphatic heterocycles. The van der Waals surface area contributed by atoms with E-state index >= 15 is 0 Å². The number of carboxylic acid groups (broad SMARTS) is 1. The van der Waals surface area contributed by atoms with Crippen molar-refractivity contribution >= 4 is 16.0 Å². The molecule has 1 saturated heterocycles. The van der Waals surface area contributed by atoms with Gasteiger partial charge in [0.15, 0.2) is 0 Å². The number of carboxylic acids is 1. The lowest BCUT2D eigenvalue weighted by molar-refractivity contribution is -0.142. The second-order valence-corrected chi connectivity index (χ2v) is 7.01. The molecule has 21 heavy (non-hydrogen) atoms. The summed E-state index contributed by atoms with van der Waals surface area (Å²) in [6, 6.07) is 8.58. The summed E-state index contributed by atoms with van der Waals surface area (Å²) < 4.78 is 26.1. The summed E-state index contributed by atoms with van der Waals surface area (Å²) in [6.07, 6.45) is 0.656. The predicted octanol–water partition coefficient (Wildman–Crippen LogP) is 1.18. The van der Waals surface area contributed by atoms with Crippen LogP contribution in [0.5, 0.6) is 0 Å². The molecule has 1 heterocycles. The fourth-order valence-corrected chi connectivity index (χ4v) is 4.02. The van der Waals surface area contributed by atoms with E-state index in [2.05, 4.69) is 0 Å². The van der Waals surface area contributed by atoms with Gasteiger partial charge in [0.05, 0.1) is 23.3 Å². The summed E-state index contributed by atoms with van der Waals surface area (Å²) in [5, 5.41) is 17.9. The van der Waals surface area contributed by atoms with E-state index < -0.39 is 21.9 Å². The van der Waals surface area contributed by atoms with Gasteiger partial charge in [-0.1, -0.05) is 18.2 Å². The van der Waals surface area contributed by atoms with Crippen LogP contribution >= 0.6 is 0 Å². The smallest absolute Gasteiger partial charge is 0.306 e. The summed E-state index contributed by atoms with van der Waals surface area (Å²) in [6.45, 7) is 0.433. The van der Waals surface area contributed by atoms with Crippen molar-refractivity contribution in [1.29, 1.82) is 5.26 Å². The lowest BCUT2D eigenvalue weighted by atomic mass is 9.99. The molecule has 1 aliphatic rings. The number of carbonyl (C=O) groups is 1. The first-order valence-corrected chi connectivity index (χ1v) is 8.23. The van der Waals surface area contributed by atoms with E-state index in [0.717, 1.165) is 0 Å². The van der Waals surface area contributed by atoms with Crippen LogP contribution in [0.15, 0.2) is 24.3 Å². The molecule has 6 nitrogen and oxygen atoms in total. The highest BCUT2D eigenvalue weighted by molar-refractivity contribution is 7.88. The van der Waals surface area contributed by atoms with Gasteiger partial charge in [0.1, 0.15) is 0 Å². The normalized spacial score (nSPS) is 17.3. The van der Waals surface area contributed by atoms with Crippen molar-refractivity contribution < 1.29 is 18.3 Å². The summed E-state index contributed by atoms with van der Waals surface area (Å²) >= 11 is 0. The van der Waals surface area contributed by atoms with Gasteiger partial charge >= 0.3 is 5.97 Å². The highest BCUT2D eigenvalue weighted by atomic mass is 32.2. The molecule has 112 valence electrons. The Morgan fingerprint density at radius 2 is 1.95 bits per heavy atom.